The van der Waals surface area contributed by atoms with E-state index in [-0.39, 0.29) is 5.97 Å². The molecular weight excluding hydrogens is 206 g/mol. The standard InChI is InChI=1S/C12H15NO3/c1-2-15-12(14)9-3-4-10-8-13-5-6-16-11(10)7-9/h3-4,7,13H,2,5-6,8H2,1H3. The van der Waals surface area contributed by atoms with Crippen LogP contribution in [0, 0.1) is 0 Å². The maximum Gasteiger partial charge on any atom is 0.338 e. The van der Waals surface area contributed by atoms with E-state index in [2.05, 4.69) is 5.32 Å². The summed E-state index contributed by atoms with van der Waals surface area (Å²) in [5.74, 6) is 0.474. The third-order valence-electron chi connectivity index (χ3n) is 2.43. The third kappa shape index (κ3) is 2.33. The lowest BCUT2D eigenvalue weighted by Crippen LogP contribution is -2.16. The van der Waals surface area contributed by atoms with Crippen LogP contribution in [0.2, 0.25) is 0 Å². The Balaban J connectivity index is 2.23. The number of carbonyl (C=O) groups excluding carboxylic acids is 1. The average Bonchev–Trinajstić information content (AvgIpc) is 2.53. The quantitative estimate of drug-likeness (QED) is 0.766. The summed E-state index contributed by atoms with van der Waals surface area (Å²) in [7, 11) is 0. The van der Waals surface area contributed by atoms with Crippen molar-refractivity contribution in [3.63, 3.8) is 0 Å². The molecule has 1 aromatic rings. The van der Waals surface area contributed by atoms with E-state index in [1.54, 1.807) is 19.1 Å². The molecule has 0 radical (unpaired) electrons. The van der Waals surface area contributed by atoms with Gasteiger partial charge in [-0.3, -0.25) is 0 Å². The first-order valence-corrected chi connectivity index (χ1v) is 5.45. The van der Waals surface area contributed by atoms with Crippen LogP contribution in [0.5, 0.6) is 5.75 Å². The van der Waals surface area contributed by atoms with Gasteiger partial charge < -0.3 is 14.8 Å². The van der Waals surface area contributed by atoms with Gasteiger partial charge >= 0.3 is 5.97 Å². The number of ether oxygens (including phenoxy) is 2. The van der Waals surface area contributed by atoms with E-state index >= 15 is 0 Å². The van der Waals surface area contributed by atoms with Crippen LogP contribution in [0.3, 0.4) is 0 Å². The van der Waals surface area contributed by atoms with Crippen LogP contribution >= 0.6 is 0 Å². The Morgan fingerprint density at radius 3 is 3.25 bits per heavy atom. The minimum Gasteiger partial charge on any atom is -0.492 e. The van der Waals surface area contributed by atoms with Gasteiger partial charge in [0.25, 0.3) is 0 Å². The van der Waals surface area contributed by atoms with E-state index < -0.39 is 0 Å². The fourth-order valence-electron chi connectivity index (χ4n) is 1.63. The van der Waals surface area contributed by atoms with Gasteiger partial charge in [0.1, 0.15) is 12.4 Å². The first-order valence-electron chi connectivity index (χ1n) is 5.45. The summed E-state index contributed by atoms with van der Waals surface area (Å²) < 4.78 is 10.5. The second-order valence-electron chi connectivity index (χ2n) is 3.57. The van der Waals surface area contributed by atoms with Crippen molar-refractivity contribution < 1.29 is 14.3 Å². The number of nitrogens with one attached hydrogen (secondary N) is 1. The molecule has 0 aromatic heterocycles. The monoisotopic (exact) mass is 221 g/mol. The molecular formula is C12H15NO3. The summed E-state index contributed by atoms with van der Waals surface area (Å²) in [6, 6.07) is 5.42. The Kier molecular flexibility index (Phi) is 3.41. The molecule has 0 saturated heterocycles. The summed E-state index contributed by atoms with van der Waals surface area (Å²) in [5.41, 5.74) is 1.62. The zero-order valence-corrected chi connectivity index (χ0v) is 9.29. The van der Waals surface area contributed by atoms with Gasteiger partial charge in [-0.1, -0.05) is 6.07 Å². The molecule has 0 atom stereocenters. The summed E-state index contributed by atoms with van der Waals surface area (Å²) in [4.78, 5) is 11.5. The van der Waals surface area contributed by atoms with Crippen molar-refractivity contribution in [1.82, 2.24) is 5.32 Å². The van der Waals surface area contributed by atoms with Crippen LogP contribution in [-0.2, 0) is 11.3 Å². The Hall–Kier alpha value is -1.55. The minimum absolute atomic E-state index is 0.300. The molecule has 16 heavy (non-hydrogen) atoms. The Labute approximate surface area is 94.6 Å². The van der Waals surface area contributed by atoms with Crippen molar-refractivity contribution in [3.8, 4) is 5.75 Å². The number of hydrogen-bond acceptors (Lipinski definition) is 4. The summed E-state index contributed by atoms with van der Waals surface area (Å²) >= 11 is 0. The first kappa shape index (κ1) is 11.0. The van der Waals surface area contributed by atoms with E-state index in [1.165, 1.54) is 0 Å². The molecule has 4 nitrogen and oxygen atoms in total. The number of esters is 1. The van der Waals surface area contributed by atoms with E-state index in [0.717, 1.165) is 24.4 Å². The van der Waals surface area contributed by atoms with Gasteiger partial charge in [0.2, 0.25) is 0 Å². The summed E-state index contributed by atoms with van der Waals surface area (Å²) in [6.07, 6.45) is 0. The van der Waals surface area contributed by atoms with Crippen LogP contribution in [0.1, 0.15) is 22.8 Å². The highest BCUT2D eigenvalue weighted by atomic mass is 16.5. The molecule has 0 amide bonds. The second-order valence-corrected chi connectivity index (χ2v) is 3.57. The smallest absolute Gasteiger partial charge is 0.338 e. The van der Waals surface area contributed by atoms with Gasteiger partial charge in [-0.05, 0) is 19.1 Å². The lowest BCUT2D eigenvalue weighted by atomic mass is 10.1. The lowest BCUT2D eigenvalue weighted by Gasteiger charge is -2.08. The predicted molar refractivity (Wildman–Crippen MR) is 59.6 cm³/mol. The van der Waals surface area contributed by atoms with Crippen molar-refractivity contribution >= 4 is 5.97 Å². The topological polar surface area (TPSA) is 47.6 Å². The molecule has 1 aliphatic rings. The minimum atomic E-state index is -0.300. The number of carbonyl (C=O) groups is 1. The van der Waals surface area contributed by atoms with Gasteiger partial charge in [0, 0.05) is 18.7 Å². The molecule has 1 aliphatic heterocycles. The van der Waals surface area contributed by atoms with Gasteiger partial charge in [-0.15, -0.1) is 0 Å². The molecule has 0 bridgehead atoms. The predicted octanol–water partition coefficient (Wildman–Crippen LogP) is 1.35. The highest BCUT2D eigenvalue weighted by Crippen LogP contribution is 2.22. The number of fused-ring (bicyclic) bond motifs is 1. The largest absolute Gasteiger partial charge is 0.492 e. The molecule has 2 rings (SSSR count). The van der Waals surface area contributed by atoms with E-state index in [1.807, 2.05) is 6.07 Å². The van der Waals surface area contributed by atoms with E-state index in [4.69, 9.17) is 9.47 Å². The zero-order valence-electron chi connectivity index (χ0n) is 9.29. The van der Waals surface area contributed by atoms with Crippen molar-refractivity contribution in [2.24, 2.45) is 0 Å². The Morgan fingerprint density at radius 2 is 2.44 bits per heavy atom. The van der Waals surface area contributed by atoms with Crippen LogP contribution in [0.25, 0.3) is 0 Å². The van der Waals surface area contributed by atoms with Crippen LogP contribution in [0.15, 0.2) is 18.2 Å². The normalized spacial score (nSPS) is 14.6. The SMILES string of the molecule is CCOC(=O)c1ccc2c(c1)OCCNC2. The van der Waals surface area contributed by atoms with Gasteiger partial charge in [-0.25, -0.2) is 4.79 Å². The van der Waals surface area contributed by atoms with Crippen LogP contribution in [-0.4, -0.2) is 25.7 Å². The average molecular weight is 221 g/mol. The lowest BCUT2D eigenvalue weighted by molar-refractivity contribution is 0.0526. The molecule has 1 N–H and O–H groups in total. The Bertz CT molecular complexity index is 390. The molecule has 1 heterocycles. The molecule has 4 heteroatoms. The number of rotatable bonds is 2. The third-order valence-corrected chi connectivity index (χ3v) is 2.43. The molecule has 0 unspecified atom stereocenters. The summed E-state index contributed by atoms with van der Waals surface area (Å²) in [6.45, 7) is 4.40. The fraction of sp³-hybridized carbons (Fsp3) is 0.417. The zero-order chi connectivity index (χ0) is 11.4. The Morgan fingerprint density at radius 1 is 1.56 bits per heavy atom. The summed E-state index contributed by atoms with van der Waals surface area (Å²) in [5, 5.41) is 3.24. The van der Waals surface area contributed by atoms with Gasteiger partial charge in [-0.2, -0.15) is 0 Å². The fourth-order valence-corrected chi connectivity index (χ4v) is 1.63. The second kappa shape index (κ2) is 4.99. The van der Waals surface area contributed by atoms with Crippen molar-refractivity contribution in [2.75, 3.05) is 19.8 Å². The highest BCUT2D eigenvalue weighted by Gasteiger charge is 2.13. The van der Waals surface area contributed by atoms with Crippen molar-refractivity contribution in [1.29, 1.82) is 0 Å². The molecule has 0 fully saturated rings. The number of hydrogen-bond donors (Lipinski definition) is 1. The van der Waals surface area contributed by atoms with E-state index in [9.17, 15) is 4.79 Å². The highest BCUT2D eigenvalue weighted by molar-refractivity contribution is 5.90. The maximum absolute atomic E-state index is 11.5. The van der Waals surface area contributed by atoms with Gasteiger partial charge in [0.15, 0.2) is 0 Å². The molecule has 86 valence electrons. The first-order chi connectivity index (χ1) is 7.81. The van der Waals surface area contributed by atoms with Crippen molar-refractivity contribution in [2.45, 2.75) is 13.5 Å². The van der Waals surface area contributed by atoms with Crippen molar-refractivity contribution in [3.05, 3.63) is 29.3 Å². The number of benzene rings is 1. The van der Waals surface area contributed by atoms with E-state index in [0.29, 0.717) is 18.8 Å². The van der Waals surface area contributed by atoms with Gasteiger partial charge in [0.05, 0.1) is 12.2 Å². The van der Waals surface area contributed by atoms with Crippen LogP contribution < -0.4 is 10.1 Å². The van der Waals surface area contributed by atoms with Crippen LogP contribution in [0.4, 0.5) is 0 Å². The molecule has 0 aliphatic carbocycles. The molecule has 1 aromatic carbocycles. The molecule has 0 saturated carbocycles. The maximum atomic E-state index is 11.5. The molecule has 0 spiro atoms.